The number of aromatic nitrogens is 1. The van der Waals surface area contributed by atoms with E-state index in [1.807, 2.05) is 13.8 Å². The van der Waals surface area contributed by atoms with Gasteiger partial charge in [0.2, 0.25) is 0 Å². The minimum atomic E-state index is -0.547. The third kappa shape index (κ3) is 3.12. The molecule has 0 bridgehead atoms. The van der Waals surface area contributed by atoms with Gasteiger partial charge < -0.3 is 9.88 Å². The SMILES string of the molecule is CCCN(CCC)C(=O)C(=O)c1c[nH]c2cc(F)ccc12. The van der Waals surface area contributed by atoms with Crippen LogP contribution in [0.2, 0.25) is 0 Å². The normalized spacial score (nSPS) is 10.8. The van der Waals surface area contributed by atoms with Gasteiger partial charge in [-0.05, 0) is 31.0 Å². The minimum absolute atomic E-state index is 0.298. The van der Waals surface area contributed by atoms with Gasteiger partial charge in [-0.2, -0.15) is 0 Å². The number of H-pyrrole nitrogens is 1. The Bertz CT molecular complexity index is 657. The second kappa shape index (κ2) is 6.52. The molecule has 1 aromatic carbocycles. The van der Waals surface area contributed by atoms with E-state index in [4.69, 9.17) is 0 Å². The average Bonchev–Trinajstić information content (AvgIpc) is 2.88. The highest BCUT2D eigenvalue weighted by atomic mass is 19.1. The van der Waals surface area contributed by atoms with Crippen LogP contribution in [0.4, 0.5) is 4.39 Å². The van der Waals surface area contributed by atoms with Gasteiger partial charge >= 0.3 is 0 Å². The quantitative estimate of drug-likeness (QED) is 0.656. The van der Waals surface area contributed by atoms with E-state index < -0.39 is 11.7 Å². The first kappa shape index (κ1) is 15.2. The number of nitrogens with zero attached hydrogens (tertiary/aromatic N) is 1. The Kier molecular flexibility index (Phi) is 4.73. The summed E-state index contributed by atoms with van der Waals surface area (Å²) in [6.07, 6.45) is 3.08. The van der Waals surface area contributed by atoms with Crippen molar-refractivity contribution in [2.24, 2.45) is 0 Å². The van der Waals surface area contributed by atoms with Gasteiger partial charge in [0.1, 0.15) is 5.82 Å². The zero-order valence-corrected chi connectivity index (χ0v) is 12.3. The standard InChI is InChI=1S/C16H19FN2O2/c1-3-7-19(8-4-2)16(21)15(20)13-10-18-14-9-11(17)5-6-12(13)14/h5-6,9-10,18H,3-4,7-8H2,1-2H3. The number of hydrogen-bond donors (Lipinski definition) is 1. The summed E-state index contributed by atoms with van der Waals surface area (Å²) in [6.45, 7) is 5.06. The van der Waals surface area contributed by atoms with Crippen molar-refractivity contribution in [1.82, 2.24) is 9.88 Å². The summed E-state index contributed by atoms with van der Waals surface area (Å²) in [5.41, 5.74) is 0.816. The van der Waals surface area contributed by atoms with Crippen molar-refractivity contribution in [3.8, 4) is 0 Å². The lowest BCUT2D eigenvalue weighted by molar-refractivity contribution is -0.126. The Balaban J connectivity index is 2.30. The average molecular weight is 290 g/mol. The summed E-state index contributed by atoms with van der Waals surface area (Å²) in [5, 5.41) is 0.572. The number of benzene rings is 1. The van der Waals surface area contributed by atoms with Crippen LogP contribution in [-0.2, 0) is 4.79 Å². The van der Waals surface area contributed by atoms with Gasteiger partial charge in [0, 0.05) is 30.2 Å². The van der Waals surface area contributed by atoms with Gasteiger partial charge in [-0.25, -0.2) is 4.39 Å². The lowest BCUT2D eigenvalue weighted by atomic mass is 10.1. The Morgan fingerprint density at radius 1 is 1.19 bits per heavy atom. The van der Waals surface area contributed by atoms with E-state index in [0.29, 0.717) is 29.6 Å². The molecular weight excluding hydrogens is 271 g/mol. The summed E-state index contributed by atoms with van der Waals surface area (Å²) in [4.78, 5) is 29.1. The third-order valence-corrected chi connectivity index (χ3v) is 3.36. The number of aromatic amines is 1. The molecule has 0 unspecified atom stereocenters. The monoisotopic (exact) mass is 290 g/mol. The summed E-state index contributed by atoms with van der Waals surface area (Å²) < 4.78 is 13.2. The number of hydrogen-bond acceptors (Lipinski definition) is 2. The molecule has 5 heteroatoms. The molecular formula is C16H19FN2O2. The highest BCUT2D eigenvalue weighted by molar-refractivity contribution is 6.44. The first-order chi connectivity index (χ1) is 10.1. The van der Waals surface area contributed by atoms with Crippen molar-refractivity contribution in [3.63, 3.8) is 0 Å². The maximum atomic E-state index is 13.2. The summed E-state index contributed by atoms with van der Waals surface area (Å²) in [5.74, 6) is -1.42. The van der Waals surface area contributed by atoms with Gasteiger partial charge in [-0.1, -0.05) is 13.8 Å². The van der Waals surface area contributed by atoms with Crippen molar-refractivity contribution < 1.29 is 14.0 Å². The Morgan fingerprint density at radius 2 is 1.86 bits per heavy atom. The van der Waals surface area contributed by atoms with Crippen molar-refractivity contribution in [2.45, 2.75) is 26.7 Å². The number of nitrogens with one attached hydrogen (secondary N) is 1. The lowest BCUT2D eigenvalue weighted by Gasteiger charge is -2.20. The molecule has 1 aromatic heterocycles. The van der Waals surface area contributed by atoms with Gasteiger partial charge in [0.05, 0.1) is 5.56 Å². The van der Waals surface area contributed by atoms with Crippen LogP contribution in [0.3, 0.4) is 0 Å². The molecule has 0 saturated carbocycles. The molecule has 2 rings (SSSR count). The maximum absolute atomic E-state index is 13.2. The Hall–Kier alpha value is -2.17. The lowest BCUT2D eigenvalue weighted by Crippen LogP contribution is -2.37. The van der Waals surface area contributed by atoms with Crippen LogP contribution < -0.4 is 0 Å². The molecule has 1 amide bonds. The van der Waals surface area contributed by atoms with Crippen molar-refractivity contribution >= 4 is 22.6 Å². The van der Waals surface area contributed by atoms with Crippen LogP contribution in [0.15, 0.2) is 24.4 Å². The van der Waals surface area contributed by atoms with Crippen LogP contribution >= 0.6 is 0 Å². The predicted molar refractivity (Wildman–Crippen MR) is 79.7 cm³/mol. The largest absolute Gasteiger partial charge is 0.360 e. The van der Waals surface area contributed by atoms with Crippen LogP contribution in [0.5, 0.6) is 0 Å². The van der Waals surface area contributed by atoms with E-state index in [1.54, 1.807) is 4.90 Å². The first-order valence-electron chi connectivity index (χ1n) is 7.18. The van der Waals surface area contributed by atoms with Gasteiger partial charge in [0.25, 0.3) is 11.7 Å². The van der Waals surface area contributed by atoms with Crippen LogP contribution in [0, 0.1) is 5.82 Å². The third-order valence-electron chi connectivity index (χ3n) is 3.36. The first-order valence-corrected chi connectivity index (χ1v) is 7.18. The maximum Gasteiger partial charge on any atom is 0.295 e. The molecule has 0 aliphatic rings. The Morgan fingerprint density at radius 3 is 2.48 bits per heavy atom. The van der Waals surface area contributed by atoms with E-state index in [1.165, 1.54) is 24.4 Å². The number of Topliss-reactive ketones (excluding diaryl/α,β-unsaturated/α-hetero) is 1. The molecule has 0 spiro atoms. The molecule has 0 saturated heterocycles. The summed E-state index contributed by atoms with van der Waals surface area (Å²) in [6, 6.07) is 4.12. The topological polar surface area (TPSA) is 53.2 Å². The fraction of sp³-hybridized carbons (Fsp3) is 0.375. The molecule has 2 aromatic rings. The van der Waals surface area contributed by atoms with E-state index in [2.05, 4.69) is 4.98 Å². The number of ketones is 1. The van der Waals surface area contributed by atoms with Crippen molar-refractivity contribution in [3.05, 3.63) is 35.8 Å². The van der Waals surface area contributed by atoms with Gasteiger partial charge in [0.15, 0.2) is 0 Å². The number of halogens is 1. The Labute approximate surface area is 122 Å². The molecule has 112 valence electrons. The molecule has 0 atom stereocenters. The number of carbonyl (C=O) groups is 2. The summed E-state index contributed by atoms with van der Waals surface area (Å²) >= 11 is 0. The van der Waals surface area contributed by atoms with E-state index in [0.717, 1.165) is 12.8 Å². The zero-order valence-electron chi connectivity index (χ0n) is 12.3. The smallest absolute Gasteiger partial charge is 0.295 e. The molecule has 21 heavy (non-hydrogen) atoms. The van der Waals surface area contributed by atoms with E-state index in [-0.39, 0.29) is 5.82 Å². The number of fused-ring (bicyclic) bond motifs is 1. The second-order valence-electron chi connectivity index (χ2n) is 5.01. The number of rotatable bonds is 6. The summed E-state index contributed by atoms with van der Waals surface area (Å²) in [7, 11) is 0. The van der Waals surface area contributed by atoms with Crippen LogP contribution in [-0.4, -0.2) is 34.7 Å². The van der Waals surface area contributed by atoms with Gasteiger partial charge in [-0.3, -0.25) is 9.59 Å². The van der Waals surface area contributed by atoms with Crippen LogP contribution in [0.25, 0.3) is 10.9 Å². The number of amides is 1. The highest BCUT2D eigenvalue weighted by Crippen LogP contribution is 2.20. The van der Waals surface area contributed by atoms with E-state index in [9.17, 15) is 14.0 Å². The molecule has 4 nitrogen and oxygen atoms in total. The highest BCUT2D eigenvalue weighted by Gasteiger charge is 2.24. The van der Waals surface area contributed by atoms with Gasteiger partial charge in [-0.15, -0.1) is 0 Å². The van der Waals surface area contributed by atoms with Crippen molar-refractivity contribution in [2.75, 3.05) is 13.1 Å². The zero-order chi connectivity index (χ0) is 15.4. The fourth-order valence-corrected chi connectivity index (χ4v) is 2.40. The fourth-order valence-electron chi connectivity index (χ4n) is 2.40. The molecule has 0 fully saturated rings. The number of carbonyl (C=O) groups excluding carboxylic acids is 2. The van der Waals surface area contributed by atoms with E-state index >= 15 is 0 Å². The van der Waals surface area contributed by atoms with Crippen molar-refractivity contribution in [1.29, 1.82) is 0 Å². The minimum Gasteiger partial charge on any atom is -0.360 e. The van der Waals surface area contributed by atoms with Crippen LogP contribution in [0.1, 0.15) is 37.0 Å². The predicted octanol–water partition coefficient (Wildman–Crippen LogP) is 3.14. The molecule has 1 heterocycles. The molecule has 1 N–H and O–H groups in total. The molecule has 0 radical (unpaired) electrons. The molecule has 0 aliphatic heterocycles. The molecule has 0 aliphatic carbocycles. The second-order valence-corrected chi connectivity index (χ2v) is 5.01.